The molecule has 0 radical (unpaired) electrons. The van der Waals surface area contributed by atoms with Crippen LogP contribution in [-0.4, -0.2) is 29.7 Å². The van der Waals surface area contributed by atoms with E-state index < -0.39 is 5.60 Å². The lowest BCUT2D eigenvalue weighted by Gasteiger charge is -2.27. The monoisotopic (exact) mass is 223 g/mol. The van der Waals surface area contributed by atoms with Crippen molar-refractivity contribution < 1.29 is 9.53 Å². The molecule has 0 N–H and O–H groups in total. The third-order valence-electron chi connectivity index (χ3n) is 2.56. The largest absolute Gasteiger partial charge is 0.444 e. The molecule has 0 aliphatic carbocycles. The number of likely N-dealkylation sites (tertiary alicyclic amines) is 1. The van der Waals surface area contributed by atoms with Crippen LogP contribution in [-0.2, 0) is 4.74 Å². The number of carbonyl (C=O) groups excluding carboxylic acids is 1. The van der Waals surface area contributed by atoms with Gasteiger partial charge in [0.1, 0.15) is 5.60 Å². The molecule has 1 aliphatic heterocycles. The first-order valence-corrected chi connectivity index (χ1v) is 5.86. The zero-order valence-electron chi connectivity index (χ0n) is 10.5. The Balaban J connectivity index is 2.57. The highest BCUT2D eigenvalue weighted by molar-refractivity contribution is 5.68. The predicted octanol–water partition coefficient (Wildman–Crippen LogP) is 2.66. The van der Waals surface area contributed by atoms with Crippen molar-refractivity contribution in [1.29, 1.82) is 0 Å². The molecule has 16 heavy (non-hydrogen) atoms. The van der Waals surface area contributed by atoms with Crippen LogP contribution in [0, 0.1) is 18.3 Å². The second kappa shape index (κ2) is 5.25. The summed E-state index contributed by atoms with van der Waals surface area (Å²) in [6.07, 6.45) is 8.30. The molecule has 1 unspecified atom stereocenters. The molecule has 0 aromatic heterocycles. The van der Waals surface area contributed by atoms with E-state index >= 15 is 0 Å². The van der Waals surface area contributed by atoms with Gasteiger partial charge in [0, 0.05) is 19.0 Å². The summed E-state index contributed by atoms with van der Waals surface area (Å²) in [7, 11) is 0. The van der Waals surface area contributed by atoms with E-state index in [1.54, 1.807) is 4.90 Å². The molecule has 0 aromatic rings. The minimum Gasteiger partial charge on any atom is -0.444 e. The van der Waals surface area contributed by atoms with E-state index in [9.17, 15) is 4.79 Å². The van der Waals surface area contributed by atoms with Gasteiger partial charge in [-0.2, -0.15) is 0 Å². The molecule has 0 saturated carbocycles. The Kier molecular flexibility index (Phi) is 4.23. The molecule has 3 nitrogen and oxygen atoms in total. The zero-order chi connectivity index (χ0) is 12.2. The van der Waals surface area contributed by atoms with Gasteiger partial charge in [0.25, 0.3) is 0 Å². The van der Waals surface area contributed by atoms with Crippen molar-refractivity contribution in [3.63, 3.8) is 0 Å². The van der Waals surface area contributed by atoms with Crippen molar-refractivity contribution >= 4 is 6.09 Å². The number of carbonyl (C=O) groups is 1. The fraction of sp³-hybridized carbons (Fsp3) is 0.769. The van der Waals surface area contributed by atoms with Crippen LogP contribution in [0.4, 0.5) is 4.79 Å². The maximum atomic E-state index is 11.9. The molecule has 0 aromatic carbocycles. The number of hydrogen-bond acceptors (Lipinski definition) is 2. The average molecular weight is 223 g/mol. The molecule has 1 amide bonds. The number of amides is 1. The van der Waals surface area contributed by atoms with E-state index in [-0.39, 0.29) is 12.0 Å². The van der Waals surface area contributed by atoms with Crippen LogP contribution in [0.25, 0.3) is 0 Å². The summed E-state index contributed by atoms with van der Waals surface area (Å²) >= 11 is 0. The van der Waals surface area contributed by atoms with Gasteiger partial charge >= 0.3 is 6.09 Å². The molecule has 0 spiro atoms. The standard InChI is InChI=1S/C13H21NO2/c1-5-11-8-6-7-9-14(10-11)12(15)16-13(2,3)4/h1,11H,6-10H2,2-4H3. The van der Waals surface area contributed by atoms with Gasteiger partial charge in [-0.3, -0.25) is 0 Å². The smallest absolute Gasteiger partial charge is 0.410 e. The van der Waals surface area contributed by atoms with Crippen LogP contribution < -0.4 is 0 Å². The summed E-state index contributed by atoms with van der Waals surface area (Å²) in [6, 6.07) is 0. The molecule has 1 rings (SSSR count). The molecule has 1 atom stereocenters. The number of hydrogen-bond donors (Lipinski definition) is 0. The number of nitrogens with zero attached hydrogens (tertiary/aromatic N) is 1. The first kappa shape index (κ1) is 12.9. The summed E-state index contributed by atoms with van der Waals surface area (Å²) in [5.74, 6) is 2.92. The van der Waals surface area contributed by atoms with Gasteiger partial charge in [-0.25, -0.2) is 4.79 Å². The van der Waals surface area contributed by atoms with Crippen molar-refractivity contribution in [2.75, 3.05) is 13.1 Å². The van der Waals surface area contributed by atoms with Gasteiger partial charge in [-0.15, -0.1) is 12.3 Å². The number of rotatable bonds is 0. The maximum Gasteiger partial charge on any atom is 0.410 e. The quantitative estimate of drug-likeness (QED) is 0.591. The summed E-state index contributed by atoms with van der Waals surface area (Å²) in [5.41, 5.74) is -0.435. The second-order valence-corrected chi connectivity index (χ2v) is 5.29. The third-order valence-corrected chi connectivity index (χ3v) is 2.56. The van der Waals surface area contributed by atoms with Gasteiger partial charge in [0.05, 0.1) is 0 Å². The Morgan fingerprint density at radius 1 is 1.44 bits per heavy atom. The lowest BCUT2D eigenvalue weighted by Crippen LogP contribution is -2.38. The molecule has 1 aliphatic rings. The van der Waals surface area contributed by atoms with E-state index in [0.717, 1.165) is 25.8 Å². The first-order chi connectivity index (χ1) is 7.42. The van der Waals surface area contributed by atoms with E-state index in [4.69, 9.17) is 11.2 Å². The summed E-state index contributed by atoms with van der Waals surface area (Å²) in [6.45, 7) is 7.02. The van der Waals surface area contributed by atoms with E-state index in [1.807, 2.05) is 20.8 Å². The summed E-state index contributed by atoms with van der Waals surface area (Å²) < 4.78 is 5.34. The van der Waals surface area contributed by atoms with Gasteiger partial charge in [-0.05, 0) is 33.6 Å². The number of terminal acetylenes is 1. The molecule has 1 heterocycles. The van der Waals surface area contributed by atoms with Crippen LogP contribution in [0.5, 0.6) is 0 Å². The Hall–Kier alpha value is -1.17. The molecule has 90 valence electrons. The third kappa shape index (κ3) is 4.14. The number of ether oxygens (including phenoxy) is 1. The Morgan fingerprint density at radius 3 is 2.69 bits per heavy atom. The topological polar surface area (TPSA) is 29.5 Å². The highest BCUT2D eigenvalue weighted by Crippen LogP contribution is 2.18. The lowest BCUT2D eigenvalue weighted by molar-refractivity contribution is 0.0245. The fourth-order valence-corrected chi connectivity index (χ4v) is 1.77. The molecule has 1 saturated heterocycles. The van der Waals surface area contributed by atoms with E-state index in [2.05, 4.69) is 5.92 Å². The molecule has 0 bridgehead atoms. The van der Waals surface area contributed by atoms with E-state index in [0.29, 0.717) is 6.54 Å². The highest BCUT2D eigenvalue weighted by Gasteiger charge is 2.25. The summed E-state index contributed by atoms with van der Waals surface area (Å²) in [5, 5.41) is 0. The van der Waals surface area contributed by atoms with Crippen molar-refractivity contribution in [3.8, 4) is 12.3 Å². The Morgan fingerprint density at radius 2 is 2.12 bits per heavy atom. The van der Waals surface area contributed by atoms with Crippen molar-refractivity contribution in [1.82, 2.24) is 4.90 Å². The Labute approximate surface area is 98.1 Å². The second-order valence-electron chi connectivity index (χ2n) is 5.29. The molecular formula is C13H21NO2. The van der Waals surface area contributed by atoms with Crippen LogP contribution in [0.3, 0.4) is 0 Å². The Bertz CT molecular complexity index is 285. The van der Waals surface area contributed by atoms with Crippen molar-refractivity contribution in [2.24, 2.45) is 5.92 Å². The fourth-order valence-electron chi connectivity index (χ4n) is 1.77. The molecule has 3 heteroatoms. The van der Waals surface area contributed by atoms with Gasteiger partial charge in [0.15, 0.2) is 0 Å². The minimum absolute atomic E-state index is 0.176. The van der Waals surface area contributed by atoms with Crippen LogP contribution in [0.15, 0.2) is 0 Å². The average Bonchev–Trinajstić information content (AvgIpc) is 2.39. The normalized spacial score (nSPS) is 22.1. The minimum atomic E-state index is -0.435. The predicted molar refractivity (Wildman–Crippen MR) is 64.0 cm³/mol. The highest BCUT2D eigenvalue weighted by atomic mass is 16.6. The summed E-state index contributed by atoms with van der Waals surface area (Å²) in [4.78, 5) is 13.6. The zero-order valence-corrected chi connectivity index (χ0v) is 10.5. The SMILES string of the molecule is C#CC1CCCCN(C(=O)OC(C)(C)C)C1. The lowest BCUT2D eigenvalue weighted by atomic mass is 10.1. The van der Waals surface area contributed by atoms with Crippen molar-refractivity contribution in [2.45, 2.75) is 45.6 Å². The van der Waals surface area contributed by atoms with Gasteiger partial charge < -0.3 is 9.64 Å². The maximum absolute atomic E-state index is 11.9. The van der Waals surface area contributed by atoms with Crippen LogP contribution >= 0.6 is 0 Å². The van der Waals surface area contributed by atoms with Crippen LogP contribution in [0.2, 0.25) is 0 Å². The van der Waals surface area contributed by atoms with Crippen molar-refractivity contribution in [3.05, 3.63) is 0 Å². The first-order valence-electron chi connectivity index (χ1n) is 5.86. The van der Waals surface area contributed by atoms with Gasteiger partial charge in [-0.1, -0.05) is 6.42 Å². The molecular weight excluding hydrogens is 202 g/mol. The van der Waals surface area contributed by atoms with Crippen LogP contribution in [0.1, 0.15) is 40.0 Å². The van der Waals surface area contributed by atoms with E-state index in [1.165, 1.54) is 0 Å². The van der Waals surface area contributed by atoms with Gasteiger partial charge in [0.2, 0.25) is 0 Å². The molecule has 1 fully saturated rings.